The zero-order chi connectivity index (χ0) is 35.0. The van der Waals surface area contributed by atoms with Gasteiger partial charge in [0.25, 0.3) is 15.9 Å². The molecule has 4 heterocycles. The molecule has 0 unspecified atom stereocenters. The van der Waals surface area contributed by atoms with E-state index in [1.54, 1.807) is 18.2 Å². The standard InChI is InChI=1S/C28H26F3N7O8S2/c1-15-7-23(28(29,30)31)36-38(15)24-22(13-33-27(35-24)34-17-9-18(44-2)11-19(10-17)45-3)16-8-21(26(46-4)32-12-16)25(39)37-48(42,43)20-5-6-47(40,41)14-20/h5,7-13H,6,14H2,1-4H3,(H,37,39)(H,33,34,35). The number of aromatic nitrogens is 5. The molecule has 2 N–H and O–H groups in total. The minimum absolute atomic E-state index is 0.0420. The predicted molar refractivity (Wildman–Crippen MR) is 165 cm³/mol. The van der Waals surface area contributed by atoms with Crippen LogP contribution in [0.15, 0.2) is 53.7 Å². The molecule has 1 aromatic carbocycles. The molecule has 1 amide bonds. The fourth-order valence-electron chi connectivity index (χ4n) is 4.54. The van der Waals surface area contributed by atoms with Crippen LogP contribution in [-0.2, 0) is 26.0 Å². The van der Waals surface area contributed by atoms with Gasteiger partial charge >= 0.3 is 6.18 Å². The lowest BCUT2D eigenvalue weighted by Gasteiger charge is -2.15. The number of alkyl halides is 3. The fraction of sp³-hybridized carbons (Fsp3) is 0.250. The Morgan fingerprint density at radius 3 is 2.23 bits per heavy atom. The van der Waals surface area contributed by atoms with Crippen LogP contribution in [0.4, 0.5) is 24.8 Å². The van der Waals surface area contributed by atoms with Crippen molar-refractivity contribution in [2.45, 2.75) is 13.1 Å². The highest BCUT2D eigenvalue weighted by molar-refractivity contribution is 7.98. The summed E-state index contributed by atoms with van der Waals surface area (Å²) >= 11 is 0. The number of halogens is 3. The number of nitrogens with zero attached hydrogens (tertiary/aromatic N) is 5. The number of benzene rings is 1. The summed E-state index contributed by atoms with van der Waals surface area (Å²) in [7, 11) is -4.17. The molecule has 15 nitrogen and oxygen atoms in total. The Labute approximate surface area is 271 Å². The lowest BCUT2D eigenvalue weighted by molar-refractivity contribution is -0.141. The van der Waals surface area contributed by atoms with E-state index in [9.17, 15) is 34.8 Å². The van der Waals surface area contributed by atoms with E-state index < -0.39 is 59.6 Å². The molecule has 0 saturated heterocycles. The van der Waals surface area contributed by atoms with Gasteiger partial charge in [0, 0.05) is 53.1 Å². The Hall–Kier alpha value is -5.24. The Kier molecular flexibility index (Phi) is 9.06. The van der Waals surface area contributed by atoms with E-state index in [0.29, 0.717) is 17.2 Å². The number of carbonyl (C=O) groups excluding carboxylic acids is 1. The lowest BCUT2D eigenvalue weighted by atomic mass is 10.1. The minimum atomic E-state index is -4.78. The predicted octanol–water partition coefficient (Wildman–Crippen LogP) is 3.19. The van der Waals surface area contributed by atoms with Crippen LogP contribution in [0.2, 0.25) is 0 Å². The summed E-state index contributed by atoms with van der Waals surface area (Å²) in [5.41, 5.74) is -1.03. The van der Waals surface area contributed by atoms with Crippen molar-refractivity contribution in [2.24, 2.45) is 0 Å². The number of sulfonamides is 1. The van der Waals surface area contributed by atoms with E-state index in [2.05, 4.69) is 25.4 Å². The molecule has 0 radical (unpaired) electrons. The summed E-state index contributed by atoms with van der Waals surface area (Å²) < 4.78 is 109. The van der Waals surface area contributed by atoms with Crippen molar-refractivity contribution < 1.29 is 49.0 Å². The van der Waals surface area contributed by atoms with E-state index in [1.165, 1.54) is 46.7 Å². The summed E-state index contributed by atoms with van der Waals surface area (Å²) in [6, 6.07) is 6.81. The van der Waals surface area contributed by atoms with E-state index >= 15 is 0 Å². The Bertz CT molecular complexity index is 2150. The molecule has 0 aliphatic carbocycles. The molecule has 0 fully saturated rings. The fourth-order valence-corrected chi connectivity index (χ4v) is 7.72. The number of amides is 1. The molecular weight excluding hydrogens is 683 g/mol. The van der Waals surface area contributed by atoms with Crippen LogP contribution < -0.4 is 24.2 Å². The van der Waals surface area contributed by atoms with Gasteiger partial charge in [-0.3, -0.25) is 4.79 Å². The summed E-state index contributed by atoms with van der Waals surface area (Å²) in [6.45, 7) is 1.38. The molecule has 0 atom stereocenters. The Balaban J connectivity index is 1.60. The Morgan fingerprint density at radius 2 is 1.67 bits per heavy atom. The smallest absolute Gasteiger partial charge is 0.435 e. The quantitative estimate of drug-likeness (QED) is 0.244. The number of methoxy groups -OCH3 is 3. The van der Waals surface area contributed by atoms with E-state index in [-0.39, 0.29) is 34.5 Å². The first-order valence-corrected chi connectivity index (χ1v) is 16.9. The first-order valence-electron chi connectivity index (χ1n) is 13.6. The number of sulfone groups is 1. The normalized spacial score (nSPS) is 14.3. The third kappa shape index (κ3) is 7.18. The second-order valence-electron chi connectivity index (χ2n) is 10.2. The molecule has 0 saturated carbocycles. The molecule has 5 rings (SSSR count). The SMILES string of the molecule is COc1cc(Nc2ncc(-c3cnc(OC)c(C(=O)NS(=O)(=O)C4=CCS(=O)(=O)C4)c3)c(-n3nc(C(F)(F)F)cc3C)n2)cc(OC)c1. The molecule has 20 heteroatoms. The van der Waals surface area contributed by atoms with E-state index in [4.69, 9.17) is 14.2 Å². The Morgan fingerprint density at radius 1 is 0.979 bits per heavy atom. The van der Waals surface area contributed by atoms with Crippen LogP contribution in [-0.4, -0.2) is 80.3 Å². The van der Waals surface area contributed by atoms with Gasteiger partial charge in [0.2, 0.25) is 11.8 Å². The number of nitrogens with one attached hydrogen (secondary N) is 2. The highest BCUT2D eigenvalue weighted by Gasteiger charge is 2.35. The molecule has 3 aromatic heterocycles. The van der Waals surface area contributed by atoms with E-state index in [0.717, 1.165) is 16.8 Å². The molecule has 0 spiro atoms. The molecule has 1 aliphatic heterocycles. The van der Waals surface area contributed by atoms with Gasteiger partial charge < -0.3 is 19.5 Å². The number of aryl methyl sites for hydroxylation is 1. The highest BCUT2D eigenvalue weighted by atomic mass is 32.2. The largest absolute Gasteiger partial charge is 0.497 e. The lowest BCUT2D eigenvalue weighted by Crippen LogP contribution is -2.32. The summed E-state index contributed by atoms with van der Waals surface area (Å²) in [5.74, 6) is -2.18. The first kappa shape index (κ1) is 34.1. The number of hydrogen-bond donors (Lipinski definition) is 2. The number of hydrogen-bond acceptors (Lipinski definition) is 13. The topological polar surface area (TPSA) is 194 Å². The second-order valence-corrected chi connectivity index (χ2v) is 14.0. The summed E-state index contributed by atoms with van der Waals surface area (Å²) in [6.07, 6.45) is -1.35. The average Bonchev–Trinajstić information content (AvgIpc) is 3.62. The van der Waals surface area contributed by atoms with Crippen LogP contribution >= 0.6 is 0 Å². The average molecular weight is 710 g/mol. The van der Waals surface area contributed by atoms with Crippen molar-refractivity contribution in [1.29, 1.82) is 0 Å². The van der Waals surface area contributed by atoms with Crippen molar-refractivity contribution in [3.8, 4) is 34.3 Å². The third-order valence-corrected chi connectivity index (χ3v) is 9.92. The van der Waals surface area contributed by atoms with Gasteiger partial charge in [-0.25, -0.2) is 36.2 Å². The number of rotatable bonds is 10. The zero-order valence-corrected chi connectivity index (χ0v) is 27.1. The number of anilines is 2. The summed E-state index contributed by atoms with van der Waals surface area (Å²) in [5, 5.41) is 6.66. The van der Waals surface area contributed by atoms with Gasteiger partial charge in [0.1, 0.15) is 17.1 Å². The number of pyridine rings is 1. The van der Waals surface area contributed by atoms with Gasteiger partial charge in [-0.2, -0.15) is 23.3 Å². The van der Waals surface area contributed by atoms with Crippen LogP contribution in [0.1, 0.15) is 21.7 Å². The minimum Gasteiger partial charge on any atom is -0.497 e. The second kappa shape index (κ2) is 12.8. The summed E-state index contributed by atoms with van der Waals surface area (Å²) in [4.78, 5) is 25.5. The maximum atomic E-state index is 13.6. The monoisotopic (exact) mass is 709 g/mol. The van der Waals surface area contributed by atoms with Gasteiger partial charge in [0.15, 0.2) is 21.3 Å². The molecule has 48 heavy (non-hydrogen) atoms. The zero-order valence-electron chi connectivity index (χ0n) is 25.5. The van der Waals surface area contributed by atoms with Crippen LogP contribution in [0.3, 0.4) is 0 Å². The van der Waals surface area contributed by atoms with Crippen LogP contribution in [0.5, 0.6) is 17.4 Å². The van der Waals surface area contributed by atoms with Gasteiger partial charge in [0.05, 0.1) is 37.7 Å². The van der Waals surface area contributed by atoms with Crippen molar-refractivity contribution in [3.05, 3.63) is 70.7 Å². The highest BCUT2D eigenvalue weighted by Crippen LogP contribution is 2.34. The van der Waals surface area contributed by atoms with Crippen molar-refractivity contribution in [3.63, 3.8) is 0 Å². The number of carbonyl (C=O) groups is 1. The molecule has 0 bridgehead atoms. The molecule has 254 valence electrons. The number of ether oxygens (including phenoxy) is 3. The van der Waals surface area contributed by atoms with E-state index in [1.807, 2.05) is 4.72 Å². The molecule has 4 aromatic rings. The van der Waals surface area contributed by atoms with Crippen molar-refractivity contribution >= 4 is 37.4 Å². The molecule has 1 aliphatic rings. The maximum absolute atomic E-state index is 13.6. The van der Waals surface area contributed by atoms with Crippen LogP contribution in [0, 0.1) is 6.92 Å². The van der Waals surface area contributed by atoms with Gasteiger partial charge in [-0.05, 0) is 19.1 Å². The van der Waals surface area contributed by atoms with Crippen LogP contribution in [0.25, 0.3) is 16.9 Å². The molecular formula is C28H26F3N7O8S2. The van der Waals surface area contributed by atoms with Crippen molar-refractivity contribution in [2.75, 3.05) is 38.2 Å². The third-order valence-electron chi connectivity index (χ3n) is 6.85. The maximum Gasteiger partial charge on any atom is 0.435 e. The van der Waals surface area contributed by atoms with Crippen molar-refractivity contribution in [1.82, 2.24) is 29.5 Å². The van der Waals surface area contributed by atoms with Gasteiger partial charge in [-0.1, -0.05) is 6.08 Å². The first-order chi connectivity index (χ1) is 22.5. The van der Waals surface area contributed by atoms with Gasteiger partial charge in [-0.15, -0.1) is 0 Å².